The Labute approximate surface area is 190 Å². The SMILES string of the molecule is Cc1cccc(OC[C@H](O)Cn2c(NCCN3CCOCC3)nc3c2c(=O)[nH]c(=O)n3C)c1. The molecule has 3 heterocycles. The lowest BCUT2D eigenvalue weighted by Crippen LogP contribution is -2.39. The Kier molecular flexibility index (Phi) is 7.11. The summed E-state index contributed by atoms with van der Waals surface area (Å²) in [5, 5.41) is 13.9. The van der Waals surface area contributed by atoms with Gasteiger partial charge in [0.25, 0.3) is 5.56 Å². The van der Waals surface area contributed by atoms with Gasteiger partial charge in [-0.25, -0.2) is 4.79 Å². The number of aliphatic hydroxyl groups excluding tert-OH is 1. The van der Waals surface area contributed by atoms with Crippen LogP contribution < -0.4 is 21.3 Å². The normalized spacial score (nSPS) is 15.6. The molecular weight excluding hydrogens is 428 g/mol. The van der Waals surface area contributed by atoms with E-state index in [0.29, 0.717) is 31.5 Å². The lowest BCUT2D eigenvalue weighted by molar-refractivity contribution is 0.0398. The second-order valence-electron chi connectivity index (χ2n) is 8.20. The number of anilines is 1. The molecule has 0 aliphatic carbocycles. The molecular formula is C22H30N6O5. The van der Waals surface area contributed by atoms with E-state index >= 15 is 0 Å². The van der Waals surface area contributed by atoms with E-state index in [-0.39, 0.29) is 24.3 Å². The number of aryl methyl sites for hydroxylation is 2. The van der Waals surface area contributed by atoms with Crippen molar-refractivity contribution < 1.29 is 14.6 Å². The number of benzene rings is 1. The maximum Gasteiger partial charge on any atom is 0.329 e. The van der Waals surface area contributed by atoms with Crippen LogP contribution in [0, 0.1) is 6.92 Å². The Bertz CT molecular complexity index is 1210. The Morgan fingerprint density at radius 2 is 2.09 bits per heavy atom. The second-order valence-corrected chi connectivity index (χ2v) is 8.20. The van der Waals surface area contributed by atoms with Gasteiger partial charge in [0.15, 0.2) is 11.2 Å². The first-order valence-corrected chi connectivity index (χ1v) is 11.0. The van der Waals surface area contributed by atoms with Crippen molar-refractivity contribution >= 4 is 17.1 Å². The first-order chi connectivity index (χ1) is 15.9. The highest BCUT2D eigenvalue weighted by molar-refractivity contribution is 5.74. The number of hydrogen-bond donors (Lipinski definition) is 3. The minimum Gasteiger partial charge on any atom is -0.491 e. The number of aliphatic hydroxyl groups is 1. The molecule has 0 saturated carbocycles. The van der Waals surface area contributed by atoms with Gasteiger partial charge in [0.1, 0.15) is 18.5 Å². The number of nitrogens with one attached hydrogen (secondary N) is 2. The molecule has 1 atom stereocenters. The molecule has 1 aliphatic rings. The highest BCUT2D eigenvalue weighted by atomic mass is 16.5. The van der Waals surface area contributed by atoms with Crippen LogP contribution in [0.15, 0.2) is 33.9 Å². The molecule has 1 aliphatic heterocycles. The number of morpholine rings is 1. The van der Waals surface area contributed by atoms with Crippen molar-refractivity contribution in [3.63, 3.8) is 0 Å². The molecule has 1 saturated heterocycles. The Balaban J connectivity index is 1.53. The highest BCUT2D eigenvalue weighted by Crippen LogP contribution is 2.17. The van der Waals surface area contributed by atoms with Gasteiger partial charge in [-0.15, -0.1) is 0 Å². The van der Waals surface area contributed by atoms with Crippen molar-refractivity contribution in [2.45, 2.75) is 19.6 Å². The average molecular weight is 459 g/mol. The number of hydrogen-bond acceptors (Lipinski definition) is 8. The van der Waals surface area contributed by atoms with Crippen LogP contribution in [0.5, 0.6) is 5.75 Å². The molecule has 0 radical (unpaired) electrons. The smallest absolute Gasteiger partial charge is 0.329 e. The van der Waals surface area contributed by atoms with Gasteiger partial charge in [-0.3, -0.25) is 19.2 Å². The number of aromatic nitrogens is 4. The lowest BCUT2D eigenvalue weighted by Gasteiger charge is -2.26. The van der Waals surface area contributed by atoms with Crippen molar-refractivity contribution in [3.05, 3.63) is 50.7 Å². The third-order valence-electron chi connectivity index (χ3n) is 5.65. The van der Waals surface area contributed by atoms with E-state index in [1.807, 2.05) is 31.2 Å². The minimum atomic E-state index is -0.903. The van der Waals surface area contributed by atoms with Gasteiger partial charge >= 0.3 is 5.69 Å². The van der Waals surface area contributed by atoms with Crippen LogP contribution in [0.2, 0.25) is 0 Å². The third-order valence-corrected chi connectivity index (χ3v) is 5.65. The number of ether oxygens (including phenoxy) is 2. The summed E-state index contributed by atoms with van der Waals surface area (Å²) in [5.41, 5.74) is 0.445. The number of H-pyrrole nitrogens is 1. The van der Waals surface area contributed by atoms with Crippen molar-refractivity contribution in [2.24, 2.45) is 7.05 Å². The average Bonchev–Trinajstić information content (AvgIpc) is 3.15. The first kappa shape index (κ1) is 23.0. The summed E-state index contributed by atoms with van der Waals surface area (Å²) in [6, 6.07) is 7.56. The van der Waals surface area contributed by atoms with E-state index < -0.39 is 17.4 Å². The van der Waals surface area contributed by atoms with Crippen LogP contribution in [0.3, 0.4) is 0 Å². The first-order valence-electron chi connectivity index (χ1n) is 11.0. The quantitative estimate of drug-likeness (QED) is 0.406. The number of nitrogens with zero attached hydrogens (tertiary/aromatic N) is 4. The van der Waals surface area contributed by atoms with Gasteiger partial charge in [0, 0.05) is 33.2 Å². The van der Waals surface area contributed by atoms with Crippen molar-refractivity contribution in [2.75, 3.05) is 51.3 Å². The largest absolute Gasteiger partial charge is 0.491 e. The Hall–Kier alpha value is -3.15. The van der Waals surface area contributed by atoms with Crippen molar-refractivity contribution in [3.8, 4) is 5.75 Å². The zero-order valence-electron chi connectivity index (χ0n) is 18.9. The predicted molar refractivity (Wildman–Crippen MR) is 124 cm³/mol. The van der Waals surface area contributed by atoms with E-state index in [4.69, 9.17) is 9.47 Å². The topological polar surface area (TPSA) is 127 Å². The van der Waals surface area contributed by atoms with Crippen molar-refractivity contribution in [1.29, 1.82) is 0 Å². The molecule has 0 amide bonds. The van der Waals surface area contributed by atoms with Crippen LogP contribution in [-0.4, -0.2) is 81.2 Å². The molecule has 11 nitrogen and oxygen atoms in total. The number of fused-ring (bicyclic) bond motifs is 1. The van der Waals surface area contributed by atoms with E-state index in [1.54, 1.807) is 11.6 Å². The van der Waals surface area contributed by atoms with Crippen LogP contribution in [0.4, 0.5) is 5.95 Å². The number of aromatic amines is 1. The fraction of sp³-hybridized carbons (Fsp3) is 0.500. The summed E-state index contributed by atoms with van der Waals surface area (Å²) in [4.78, 5) is 33.7. The molecule has 0 bridgehead atoms. The van der Waals surface area contributed by atoms with E-state index in [1.165, 1.54) is 4.57 Å². The maximum atomic E-state index is 12.6. The standard InChI is InChI=1S/C22H30N6O5/c1-15-4-3-5-17(12-15)33-14-16(29)13-28-18-19(26(2)22(31)25-20(18)30)24-21(28)23-6-7-27-8-10-32-11-9-27/h3-5,12,16,29H,6-11,13-14H2,1-2H3,(H,23,24)(H,25,30,31)/t16-/m1/s1. The Morgan fingerprint density at radius 3 is 2.85 bits per heavy atom. The van der Waals surface area contributed by atoms with E-state index in [2.05, 4.69) is 20.2 Å². The molecule has 11 heteroatoms. The second kappa shape index (κ2) is 10.2. The van der Waals surface area contributed by atoms with E-state index in [0.717, 1.165) is 25.2 Å². The number of imidazole rings is 1. The molecule has 0 unspecified atom stereocenters. The zero-order valence-corrected chi connectivity index (χ0v) is 18.9. The van der Waals surface area contributed by atoms with Gasteiger partial charge in [0.05, 0.1) is 19.8 Å². The highest BCUT2D eigenvalue weighted by Gasteiger charge is 2.20. The molecule has 1 fully saturated rings. The van der Waals surface area contributed by atoms with Gasteiger partial charge in [-0.05, 0) is 24.6 Å². The predicted octanol–water partition coefficient (Wildman–Crippen LogP) is -0.0843. The summed E-state index contributed by atoms with van der Waals surface area (Å²) in [6.45, 7) is 6.59. The summed E-state index contributed by atoms with van der Waals surface area (Å²) in [6.07, 6.45) is -0.903. The lowest BCUT2D eigenvalue weighted by atomic mass is 10.2. The zero-order chi connectivity index (χ0) is 23.4. The fourth-order valence-electron chi connectivity index (χ4n) is 3.86. The molecule has 178 valence electrons. The maximum absolute atomic E-state index is 12.6. The van der Waals surface area contributed by atoms with Crippen LogP contribution in [0.25, 0.3) is 11.2 Å². The summed E-state index contributed by atoms with van der Waals surface area (Å²) in [5.74, 6) is 1.08. The van der Waals surface area contributed by atoms with Crippen LogP contribution in [-0.2, 0) is 18.3 Å². The number of rotatable bonds is 9. The molecule has 3 N–H and O–H groups in total. The van der Waals surface area contributed by atoms with Gasteiger partial charge < -0.3 is 24.5 Å². The molecule has 2 aromatic heterocycles. The minimum absolute atomic E-state index is 0.0417. The summed E-state index contributed by atoms with van der Waals surface area (Å²) < 4.78 is 14.0. The molecule has 33 heavy (non-hydrogen) atoms. The summed E-state index contributed by atoms with van der Waals surface area (Å²) >= 11 is 0. The Morgan fingerprint density at radius 1 is 1.30 bits per heavy atom. The van der Waals surface area contributed by atoms with Crippen molar-refractivity contribution in [1.82, 2.24) is 24.0 Å². The van der Waals surface area contributed by atoms with Crippen LogP contribution in [0.1, 0.15) is 5.56 Å². The monoisotopic (exact) mass is 458 g/mol. The fourth-order valence-corrected chi connectivity index (χ4v) is 3.86. The molecule has 0 spiro atoms. The van der Waals surface area contributed by atoms with Crippen LogP contribution >= 0.6 is 0 Å². The van der Waals surface area contributed by atoms with Gasteiger partial charge in [0.2, 0.25) is 5.95 Å². The molecule has 1 aromatic carbocycles. The van der Waals surface area contributed by atoms with E-state index in [9.17, 15) is 14.7 Å². The summed E-state index contributed by atoms with van der Waals surface area (Å²) in [7, 11) is 1.55. The third kappa shape index (κ3) is 5.44. The van der Waals surface area contributed by atoms with Gasteiger partial charge in [-0.2, -0.15) is 4.98 Å². The molecule has 4 rings (SSSR count). The van der Waals surface area contributed by atoms with Gasteiger partial charge in [-0.1, -0.05) is 12.1 Å². The molecule has 3 aromatic rings.